The van der Waals surface area contributed by atoms with Crippen LogP contribution in [0.5, 0.6) is 0 Å². The molecule has 0 radical (unpaired) electrons. The first-order chi connectivity index (χ1) is 8.50. The fourth-order valence-electron chi connectivity index (χ4n) is 1.67. The molecular weight excluding hydrogens is 250 g/mol. The van der Waals surface area contributed by atoms with Gasteiger partial charge in [0, 0.05) is 6.20 Å². The monoisotopic (exact) mass is 263 g/mol. The van der Waals surface area contributed by atoms with E-state index in [2.05, 4.69) is 9.71 Å². The lowest BCUT2D eigenvalue weighted by molar-refractivity contribution is 0.601. The van der Waals surface area contributed by atoms with Crippen LogP contribution in [0, 0.1) is 6.92 Å². The number of nitrogen functional groups attached to an aromatic ring is 1. The molecule has 1 aromatic heterocycles. The van der Waals surface area contributed by atoms with E-state index in [-0.39, 0.29) is 10.6 Å². The van der Waals surface area contributed by atoms with Crippen molar-refractivity contribution in [3.63, 3.8) is 0 Å². The summed E-state index contributed by atoms with van der Waals surface area (Å²) >= 11 is 0. The molecule has 0 amide bonds. The quantitative estimate of drug-likeness (QED) is 0.826. The molecule has 0 atom stereocenters. The molecule has 5 nitrogen and oxygen atoms in total. The lowest BCUT2D eigenvalue weighted by atomic mass is 10.2. The molecule has 3 N–H and O–H groups in total. The number of nitrogens with two attached hydrogens (primary N) is 1. The van der Waals surface area contributed by atoms with E-state index in [1.165, 1.54) is 6.20 Å². The van der Waals surface area contributed by atoms with E-state index in [1.54, 1.807) is 43.5 Å². The largest absolute Gasteiger partial charge is 0.398 e. The Hall–Kier alpha value is -2.08. The molecule has 94 valence electrons. The van der Waals surface area contributed by atoms with Gasteiger partial charge in [-0.25, -0.2) is 8.42 Å². The van der Waals surface area contributed by atoms with E-state index >= 15 is 0 Å². The number of aryl methyl sites for hydroxylation is 1. The van der Waals surface area contributed by atoms with Crippen molar-refractivity contribution >= 4 is 21.4 Å². The minimum absolute atomic E-state index is 0.105. The van der Waals surface area contributed by atoms with Crippen molar-refractivity contribution in [3.05, 3.63) is 48.3 Å². The molecule has 2 aromatic rings. The van der Waals surface area contributed by atoms with Gasteiger partial charge in [0.2, 0.25) is 0 Å². The number of hydrogen-bond donors (Lipinski definition) is 2. The van der Waals surface area contributed by atoms with Crippen LogP contribution in [-0.4, -0.2) is 13.4 Å². The molecule has 0 saturated heterocycles. The normalized spacial score (nSPS) is 11.2. The van der Waals surface area contributed by atoms with Crippen LogP contribution in [0.3, 0.4) is 0 Å². The fourth-order valence-corrected chi connectivity index (χ4v) is 3.07. The number of rotatable bonds is 3. The Bertz CT molecular complexity index is 634. The summed E-state index contributed by atoms with van der Waals surface area (Å²) in [4.78, 5) is 3.95. The highest BCUT2D eigenvalue weighted by molar-refractivity contribution is 7.93. The van der Waals surface area contributed by atoms with Crippen LogP contribution >= 0.6 is 0 Å². The van der Waals surface area contributed by atoms with Gasteiger partial charge in [-0.1, -0.05) is 12.1 Å². The van der Waals surface area contributed by atoms with Crippen molar-refractivity contribution in [1.82, 2.24) is 4.98 Å². The first-order valence-electron chi connectivity index (χ1n) is 5.28. The lowest BCUT2D eigenvalue weighted by Crippen LogP contribution is -2.16. The molecule has 2 rings (SSSR count). The Morgan fingerprint density at radius 2 is 2.00 bits per heavy atom. The Balaban J connectivity index is 2.44. The van der Waals surface area contributed by atoms with Gasteiger partial charge in [-0.2, -0.15) is 0 Å². The summed E-state index contributed by atoms with van der Waals surface area (Å²) in [7, 11) is -3.69. The molecule has 18 heavy (non-hydrogen) atoms. The standard InChI is InChI=1S/C12H13N3O2S/c1-9-4-2-6-11(13)12(9)18(16,17)15-10-5-3-7-14-8-10/h2-8,15H,13H2,1H3. The van der Waals surface area contributed by atoms with E-state index in [0.717, 1.165) is 0 Å². The fraction of sp³-hybridized carbons (Fsp3) is 0.0833. The van der Waals surface area contributed by atoms with Gasteiger partial charge in [0.15, 0.2) is 0 Å². The number of benzene rings is 1. The molecule has 1 aromatic carbocycles. The Morgan fingerprint density at radius 1 is 1.22 bits per heavy atom. The summed E-state index contributed by atoms with van der Waals surface area (Å²) in [6.45, 7) is 1.70. The van der Waals surface area contributed by atoms with Crippen molar-refractivity contribution < 1.29 is 8.42 Å². The highest BCUT2D eigenvalue weighted by Gasteiger charge is 2.19. The molecule has 0 unspecified atom stereocenters. The Labute approximate surface area is 106 Å². The molecule has 6 heteroatoms. The van der Waals surface area contributed by atoms with Crippen LogP contribution < -0.4 is 10.5 Å². The average Bonchev–Trinajstić information content (AvgIpc) is 2.28. The second kappa shape index (κ2) is 4.66. The number of nitrogens with one attached hydrogen (secondary N) is 1. The number of hydrogen-bond acceptors (Lipinski definition) is 4. The molecule has 0 saturated carbocycles. The minimum Gasteiger partial charge on any atom is -0.398 e. The SMILES string of the molecule is Cc1cccc(N)c1S(=O)(=O)Nc1cccnc1. The van der Waals surface area contributed by atoms with Gasteiger partial charge >= 0.3 is 0 Å². The second-order valence-electron chi connectivity index (χ2n) is 3.84. The maximum Gasteiger partial charge on any atom is 0.264 e. The van der Waals surface area contributed by atoms with E-state index in [9.17, 15) is 8.42 Å². The smallest absolute Gasteiger partial charge is 0.264 e. The zero-order chi connectivity index (χ0) is 13.2. The zero-order valence-corrected chi connectivity index (χ0v) is 10.6. The van der Waals surface area contributed by atoms with Gasteiger partial charge in [-0.05, 0) is 30.7 Å². The van der Waals surface area contributed by atoms with Gasteiger partial charge in [-0.15, -0.1) is 0 Å². The number of pyridine rings is 1. The van der Waals surface area contributed by atoms with Crippen LogP contribution in [0.2, 0.25) is 0 Å². The molecule has 0 aliphatic heterocycles. The van der Waals surface area contributed by atoms with Crippen LogP contribution in [-0.2, 0) is 10.0 Å². The van der Waals surface area contributed by atoms with E-state index in [1.807, 2.05) is 0 Å². The molecule has 0 aliphatic carbocycles. The van der Waals surface area contributed by atoms with Gasteiger partial charge in [-0.3, -0.25) is 9.71 Å². The number of nitrogens with zero attached hydrogens (tertiary/aromatic N) is 1. The summed E-state index contributed by atoms with van der Waals surface area (Å²) in [6, 6.07) is 8.25. The van der Waals surface area contributed by atoms with Gasteiger partial charge < -0.3 is 5.73 Å². The van der Waals surface area contributed by atoms with Gasteiger partial charge in [0.05, 0.1) is 17.6 Å². The first-order valence-corrected chi connectivity index (χ1v) is 6.77. The summed E-state index contributed by atoms with van der Waals surface area (Å²) in [5.74, 6) is 0. The van der Waals surface area contributed by atoms with E-state index in [4.69, 9.17) is 5.73 Å². The third kappa shape index (κ3) is 2.43. The number of sulfonamides is 1. The van der Waals surface area contributed by atoms with Crippen LogP contribution in [0.15, 0.2) is 47.6 Å². The van der Waals surface area contributed by atoms with Crippen molar-refractivity contribution in [2.45, 2.75) is 11.8 Å². The van der Waals surface area contributed by atoms with E-state index < -0.39 is 10.0 Å². The maximum atomic E-state index is 12.2. The molecule has 0 aliphatic rings. The predicted octanol–water partition coefficient (Wildman–Crippen LogP) is 1.77. The van der Waals surface area contributed by atoms with Crippen molar-refractivity contribution in [2.75, 3.05) is 10.5 Å². The summed E-state index contributed by atoms with van der Waals surface area (Å²) < 4.78 is 26.9. The lowest BCUT2D eigenvalue weighted by Gasteiger charge is -2.12. The van der Waals surface area contributed by atoms with Gasteiger partial charge in [0.25, 0.3) is 10.0 Å². The molecule has 0 spiro atoms. The maximum absolute atomic E-state index is 12.2. The third-order valence-corrected chi connectivity index (χ3v) is 4.02. The molecule has 0 fully saturated rings. The highest BCUT2D eigenvalue weighted by Crippen LogP contribution is 2.24. The van der Waals surface area contributed by atoms with Crippen LogP contribution in [0.1, 0.15) is 5.56 Å². The average molecular weight is 263 g/mol. The third-order valence-electron chi connectivity index (χ3n) is 2.42. The van der Waals surface area contributed by atoms with Gasteiger partial charge in [0.1, 0.15) is 4.90 Å². The summed E-state index contributed by atoms with van der Waals surface area (Å²) in [5.41, 5.74) is 6.96. The van der Waals surface area contributed by atoms with E-state index in [0.29, 0.717) is 11.3 Å². The van der Waals surface area contributed by atoms with Crippen molar-refractivity contribution in [2.24, 2.45) is 0 Å². The summed E-state index contributed by atoms with van der Waals surface area (Å²) in [6.07, 6.45) is 3.01. The first kappa shape index (κ1) is 12.4. The Morgan fingerprint density at radius 3 is 2.61 bits per heavy atom. The molecule has 0 bridgehead atoms. The van der Waals surface area contributed by atoms with Crippen LogP contribution in [0.25, 0.3) is 0 Å². The Kier molecular flexibility index (Phi) is 3.20. The zero-order valence-electron chi connectivity index (χ0n) is 9.79. The van der Waals surface area contributed by atoms with Crippen molar-refractivity contribution in [1.29, 1.82) is 0 Å². The molecular formula is C12H13N3O2S. The minimum atomic E-state index is -3.69. The van der Waals surface area contributed by atoms with Crippen molar-refractivity contribution in [3.8, 4) is 0 Å². The predicted molar refractivity (Wildman–Crippen MR) is 70.6 cm³/mol. The topological polar surface area (TPSA) is 85.1 Å². The summed E-state index contributed by atoms with van der Waals surface area (Å²) in [5, 5.41) is 0. The number of aromatic nitrogens is 1. The van der Waals surface area contributed by atoms with Crippen LogP contribution in [0.4, 0.5) is 11.4 Å². The second-order valence-corrected chi connectivity index (χ2v) is 5.46. The molecule has 1 heterocycles. The number of anilines is 2. The highest BCUT2D eigenvalue weighted by atomic mass is 32.2.